The average molecular weight is 287 g/mol. The molecule has 2 aromatic rings. The van der Waals surface area contributed by atoms with Crippen LogP contribution >= 0.6 is 0 Å². The molecule has 0 unspecified atom stereocenters. The van der Waals surface area contributed by atoms with E-state index in [1.165, 1.54) is 18.2 Å². The Balaban J connectivity index is 2.19. The summed E-state index contributed by atoms with van der Waals surface area (Å²) in [6.45, 7) is 2.16. The first-order valence-electron chi connectivity index (χ1n) is 6.66. The largest absolute Gasteiger partial charge is 0.496 e. The molecule has 110 valence electrons. The number of nitrogens with zero attached hydrogens (tertiary/aromatic N) is 1. The molecule has 0 saturated carbocycles. The van der Waals surface area contributed by atoms with Gasteiger partial charge in [-0.3, -0.25) is 4.79 Å². The molecule has 0 radical (unpaired) electrons. The van der Waals surface area contributed by atoms with Gasteiger partial charge in [-0.05, 0) is 36.8 Å². The van der Waals surface area contributed by atoms with Gasteiger partial charge in [0.1, 0.15) is 11.6 Å². The Kier molecular flexibility index (Phi) is 4.58. The summed E-state index contributed by atoms with van der Waals surface area (Å²) in [5, 5.41) is 0. The lowest BCUT2D eigenvalue weighted by Crippen LogP contribution is -2.27. The molecule has 0 aliphatic carbocycles. The molecule has 0 fully saturated rings. The van der Waals surface area contributed by atoms with Crippen LogP contribution in [0.15, 0.2) is 42.5 Å². The van der Waals surface area contributed by atoms with Crippen molar-refractivity contribution in [2.45, 2.75) is 13.5 Å². The lowest BCUT2D eigenvalue weighted by molar-refractivity contribution is 0.0783. The minimum atomic E-state index is -0.337. The summed E-state index contributed by atoms with van der Waals surface area (Å²) >= 11 is 0. The Morgan fingerprint density at radius 1 is 1.24 bits per heavy atom. The monoisotopic (exact) mass is 287 g/mol. The molecular weight excluding hydrogens is 269 g/mol. The predicted molar refractivity (Wildman–Crippen MR) is 79.9 cm³/mol. The molecule has 2 aromatic carbocycles. The number of carbonyl (C=O) groups excluding carboxylic acids is 1. The highest BCUT2D eigenvalue weighted by molar-refractivity contribution is 5.95. The number of aryl methyl sites for hydroxylation is 1. The van der Waals surface area contributed by atoms with Crippen molar-refractivity contribution in [2.75, 3.05) is 14.2 Å². The van der Waals surface area contributed by atoms with E-state index in [0.717, 1.165) is 11.3 Å². The molecule has 0 aliphatic heterocycles. The fourth-order valence-corrected chi connectivity index (χ4v) is 2.23. The zero-order chi connectivity index (χ0) is 15.4. The summed E-state index contributed by atoms with van der Waals surface area (Å²) in [6.07, 6.45) is 0. The number of ether oxygens (including phenoxy) is 1. The van der Waals surface area contributed by atoms with E-state index in [0.29, 0.717) is 17.7 Å². The Morgan fingerprint density at radius 3 is 2.62 bits per heavy atom. The van der Waals surface area contributed by atoms with Gasteiger partial charge in [0.05, 0.1) is 7.11 Å². The second-order valence-electron chi connectivity index (χ2n) is 4.93. The van der Waals surface area contributed by atoms with Crippen molar-refractivity contribution in [2.24, 2.45) is 0 Å². The highest BCUT2D eigenvalue weighted by Gasteiger charge is 2.16. The van der Waals surface area contributed by atoms with Gasteiger partial charge in [-0.1, -0.05) is 18.2 Å². The fourth-order valence-electron chi connectivity index (χ4n) is 2.23. The maximum atomic E-state index is 13.1. The van der Waals surface area contributed by atoms with Crippen LogP contribution in [0.4, 0.5) is 4.39 Å². The Morgan fingerprint density at radius 2 is 1.95 bits per heavy atom. The molecule has 0 aromatic heterocycles. The fraction of sp³-hybridized carbons (Fsp3) is 0.235. The first-order chi connectivity index (χ1) is 10.0. The minimum Gasteiger partial charge on any atom is -0.496 e. The first-order valence-corrected chi connectivity index (χ1v) is 6.66. The summed E-state index contributed by atoms with van der Waals surface area (Å²) in [4.78, 5) is 14.0. The van der Waals surface area contributed by atoms with Gasteiger partial charge in [-0.2, -0.15) is 0 Å². The van der Waals surface area contributed by atoms with Gasteiger partial charge in [0.2, 0.25) is 0 Å². The van der Waals surface area contributed by atoms with Crippen LogP contribution in [0.3, 0.4) is 0 Å². The third-order valence-electron chi connectivity index (χ3n) is 3.37. The van der Waals surface area contributed by atoms with Gasteiger partial charge >= 0.3 is 0 Å². The van der Waals surface area contributed by atoms with Gasteiger partial charge in [-0.15, -0.1) is 0 Å². The van der Waals surface area contributed by atoms with Crippen molar-refractivity contribution in [3.63, 3.8) is 0 Å². The molecule has 0 bridgehead atoms. The number of hydrogen-bond donors (Lipinski definition) is 0. The van der Waals surface area contributed by atoms with Crippen LogP contribution in [0.5, 0.6) is 5.75 Å². The number of carbonyl (C=O) groups is 1. The van der Waals surface area contributed by atoms with Crippen LogP contribution in [0.2, 0.25) is 0 Å². The standard InChI is InChI=1S/C17H18FNO2/c1-12-10-14(18)8-9-15(12)17(20)19(2)11-13-6-4-5-7-16(13)21-3/h4-10H,11H2,1-3H3. The summed E-state index contributed by atoms with van der Waals surface area (Å²) in [5.74, 6) is 0.266. The van der Waals surface area contributed by atoms with Crippen LogP contribution in [0, 0.1) is 12.7 Å². The molecular formula is C17H18FNO2. The highest BCUT2D eigenvalue weighted by atomic mass is 19.1. The van der Waals surface area contributed by atoms with Crippen LogP contribution < -0.4 is 4.74 Å². The number of benzene rings is 2. The molecule has 2 rings (SSSR count). The zero-order valence-corrected chi connectivity index (χ0v) is 12.4. The van der Waals surface area contributed by atoms with Crippen molar-refractivity contribution >= 4 is 5.91 Å². The number of rotatable bonds is 4. The maximum Gasteiger partial charge on any atom is 0.254 e. The van der Waals surface area contributed by atoms with Crippen LogP contribution in [-0.4, -0.2) is 25.0 Å². The molecule has 0 saturated heterocycles. The molecule has 0 heterocycles. The lowest BCUT2D eigenvalue weighted by atomic mass is 10.1. The molecule has 21 heavy (non-hydrogen) atoms. The van der Waals surface area contributed by atoms with Crippen molar-refractivity contribution in [1.82, 2.24) is 4.90 Å². The molecule has 0 aliphatic rings. The average Bonchev–Trinajstić information content (AvgIpc) is 2.47. The Hall–Kier alpha value is -2.36. The number of amides is 1. The second-order valence-corrected chi connectivity index (χ2v) is 4.93. The predicted octanol–water partition coefficient (Wildman–Crippen LogP) is 3.41. The van der Waals surface area contributed by atoms with E-state index in [9.17, 15) is 9.18 Å². The lowest BCUT2D eigenvalue weighted by Gasteiger charge is -2.19. The van der Waals surface area contributed by atoms with Crippen molar-refractivity contribution in [3.05, 3.63) is 65.0 Å². The van der Waals surface area contributed by atoms with Gasteiger partial charge in [-0.25, -0.2) is 4.39 Å². The van der Waals surface area contributed by atoms with E-state index >= 15 is 0 Å². The van der Waals surface area contributed by atoms with E-state index in [-0.39, 0.29) is 11.7 Å². The molecule has 0 spiro atoms. The second kappa shape index (κ2) is 6.39. The summed E-state index contributed by atoms with van der Waals surface area (Å²) < 4.78 is 18.4. The maximum absolute atomic E-state index is 13.1. The number of methoxy groups -OCH3 is 1. The van der Waals surface area contributed by atoms with E-state index < -0.39 is 0 Å². The normalized spacial score (nSPS) is 10.3. The van der Waals surface area contributed by atoms with Gasteiger partial charge in [0, 0.05) is 24.7 Å². The summed E-state index contributed by atoms with van der Waals surface area (Å²) in [7, 11) is 3.32. The number of para-hydroxylation sites is 1. The van der Waals surface area contributed by atoms with Crippen molar-refractivity contribution in [1.29, 1.82) is 0 Å². The van der Waals surface area contributed by atoms with Crippen LogP contribution in [0.1, 0.15) is 21.5 Å². The van der Waals surface area contributed by atoms with Gasteiger partial charge in [0.25, 0.3) is 5.91 Å². The third-order valence-corrected chi connectivity index (χ3v) is 3.37. The zero-order valence-electron chi connectivity index (χ0n) is 12.4. The van der Waals surface area contributed by atoms with E-state index in [2.05, 4.69) is 0 Å². The smallest absolute Gasteiger partial charge is 0.254 e. The highest BCUT2D eigenvalue weighted by Crippen LogP contribution is 2.20. The van der Waals surface area contributed by atoms with Crippen molar-refractivity contribution < 1.29 is 13.9 Å². The molecule has 4 heteroatoms. The van der Waals surface area contributed by atoms with Crippen LogP contribution in [0.25, 0.3) is 0 Å². The van der Waals surface area contributed by atoms with E-state index in [4.69, 9.17) is 4.74 Å². The van der Waals surface area contributed by atoms with Crippen LogP contribution in [-0.2, 0) is 6.54 Å². The Labute approximate surface area is 124 Å². The quantitative estimate of drug-likeness (QED) is 0.862. The third kappa shape index (κ3) is 3.40. The molecule has 0 N–H and O–H groups in total. The first kappa shape index (κ1) is 15.0. The number of hydrogen-bond acceptors (Lipinski definition) is 2. The SMILES string of the molecule is COc1ccccc1CN(C)C(=O)c1ccc(F)cc1C. The molecule has 3 nitrogen and oxygen atoms in total. The van der Waals surface area contributed by atoms with E-state index in [1.807, 2.05) is 24.3 Å². The molecule has 1 amide bonds. The van der Waals surface area contributed by atoms with Gasteiger partial charge in [0.15, 0.2) is 0 Å². The summed E-state index contributed by atoms with van der Waals surface area (Å²) in [6, 6.07) is 11.7. The minimum absolute atomic E-state index is 0.140. The number of halogens is 1. The van der Waals surface area contributed by atoms with E-state index in [1.54, 1.807) is 26.0 Å². The topological polar surface area (TPSA) is 29.5 Å². The van der Waals surface area contributed by atoms with Gasteiger partial charge < -0.3 is 9.64 Å². The van der Waals surface area contributed by atoms with Crippen molar-refractivity contribution in [3.8, 4) is 5.75 Å². The Bertz CT molecular complexity index is 655. The molecule has 0 atom stereocenters. The summed E-state index contributed by atoms with van der Waals surface area (Å²) in [5.41, 5.74) is 2.07.